The molecule has 0 aromatic rings. The van der Waals surface area contributed by atoms with E-state index in [1.165, 1.54) is 49.9 Å². The summed E-state index contributed by atoms with van der Waals surface area (Å²) in [5, 5.41) is 10.2. The molecule has 0 amide bonds. The number of hydrogen-bond acceptors (Lipinski definition) is 3. The van der Waals surface area contributed by atoms with E-state index in [-0.39, 0.29) is 6.10 Å². The zero-order chi connectivity index (χ0) is 16.5. The average molecular weight is 329 g/mol. The highest BCUT2D eigenvalue weighted by Gasteiger charge is 2.60. The molecule has 1 aliphatic heterocycles. The Balaban J connectivity index is 1.49. The molecule has 1 N–H and O–H groups in total. The molecule has 3 nitrogen and oxygen atoms in total. The summed E-state index contributed by atoms with van der Waals surface area (Å²) < 4.78 is 0. The van der Waals surface area contributed by atoms with Crippen LogP contribution < -0.4 is 0 Å². The van der Waals surface area contributed by atoms with Crippen molar-refractivity contribution < 1.29 is 5.11 Å². The Morgan fingerprint density at radius 2 is 1.79 bits per heavy atom. The molecule has 5 rings (SSSR count). The Bertz CT molecular complexity index is 611. The van der Waals surface area contributed by atoms with E-state index in [1.807, 2.05) is 0 Å². The first-order valence-electron chi connectivity index (χ1n) is 10.3. The lowest BCUT2D eigenvalue weighted by molar-refractivity contribution is -0.113. The molecule has 132 valence electrons. The first kappa shape index (κ1) is 15.5. The van der Waals surface area contributed by atoms with Crippen LogP contribution in [0.3, 0.4) is 0 Å². The van der Waals surface area contributed by atoms with Gasteiger partial charge in [-0.2, -0.15) is 0 Å². The predicted octanol–water partition coefficient (Wildman–Crippen LogP) is 3.90. The summed E-state index contributed by atoms with van der Waals surface area (Å²) in [6.45, 7) is 6.89. The molecule has 1 heterocycles. The van der Waals surface area contributed by atoms with Crippen LogP contribution in [0.2, 0.25) is 0 Å². The second kappa shape index (κ2) is 5.16. The van der Waals surface area contributed by atoms with Gasteiger partial charge >= 0.3 is 0 Å². The zero-order valence-corrected chi connectivity index (χ0v) is 15.3. The van der Waals surface area contributed by atoms with Crippen molar-refractivity contribution in [3.05, 3.63) is 0 Å². The minimum atomic E-state index is -0.0356. The highest BCUT2D eigenvalue weighted by molar-refractivity contribution is 6.46. The fraction of sp³-hybridized carbons (Fsp3) is 0.905. The Kier molecular flexibility index (Phi) is 3.34. The molecule has 0 aromatic carbocycles. The number of rotatable bonds is 0. The summed E-state index contributed by atoms with van der Waals surface area (Å²) in [7, 11) is 0. The van der Waals surface area contributed by atoms with Crippen molar-refractivity contribution in [3.63, 3.8) is 0 Å². The van der Waals surface area contributed by atoms with Crippen LogP contribution in [0.4, 0.5) is 0 Å². The molecule has 4 aliphatic carbocycles. The van der Waals surface area contributed by atoms with E-state index in [9.17, 15) is 5.11 Å². The van der Waals surface area contributed by atoms with Gasteiger partial charge in [0, 0.05) is 5.41 Å². The van der Waals surface area contributed by atoms with Crippen molar-refractivity contribution in [2.75, 3.05) is 13.1 Å². The lowest BCUT2D eigenvalue weighted by Crippen LogP contribution is -2.54. The van der Waals surface area contributed by atoms with Crippen LogP contribution in [-0.2, 0) is 0 Å². The lowest BCUT2D eigenvalue weighted by atomic mass is 9.45. The predicted molar refractivity (Wildman–Crippen MR) is 97.7 cm³/mol. The van der Waals surface area contributed by atoms with E-state index < -0.39 is 0 Å². The van der Waals surface area contributed by atoms with Gasteiger partial charge in [-0.15, -0.1) is 0 Å². The second-order valence-corrected chi connectivity index (χ2v) is 9.80. The van der Waals surface area contributed by atoms with Gasteiger partial charge in [-0.1, -0.05) is 13.8 Å². The summed E-state index contributed by atoms with van der Waals surface area (Å²) >= 11 is 0. The molecule has 24 heavy (non-hydrogen) atoms. The fourth-order valence-electron chi connectivity index (χ4n) is 7.62. The van der Waals surface area contributed by atoms with Crippen LogP contribution in [0.5, 0.6) is 0 Å². The smallest absolute Gasteiger partial charge is 0.0621 e. The van der Waals surface area contributed by atoms with Gasteiger partial charge in [-0.3, -0.25) is 9.98 Å². The Morgan fingerprint density at radius 1 is 0.958 bits per heavy atom. The number of aliphatic hydroxyl groups is 1. The molecule has 0 saturated heterocycles. The van der Waals surface area contributed by atoms with Crippen LogP contribution >= 0.6 is 0 Å². The van der Waals surface area contributed by atoms with Crippen molar-refractivity contribution in [3.8, 4) is 0 Å². The largest absolute Gasteiger partial charge is 0.393 e. The molecule has 4 fully saturated rings. The van der Waals surface area contributed by atoms with Gasteiger partial charge in [0.1, 0.15) is 0 Å². The normalized spacial score (nSPS) is 53.2. The zero-order valence-electron chi connectivity index (χ0n) is 15.3. The van der Waals surface area contributed by atoms with Crippen molar-refractivity contribution in [2.45, 2.75) is 71.3 Å². The first-order chi connectivity index (χ1) is 11.5. The van der Waals surface area contributed by atoms with E-state index in [0.29, 0.717) is 10.8 Å². The third-order valence-electron chi connectivity index (χ3n) is 8.93. The average Bonchev–Trinajstić information content (AvgIpc) is 2.89. The Labute approximate surface area is 146 Å². The minimum absolute atomic E-state index is 0.0356. The third kappa shape index (κ3) is 1.94. The van der Waals surface area contributed by atoms with Crippen LogP contribution in [0, 0.1) is 34.5 Å². The van der Waals surface area contributed by atoms with E-state index in [2.05, 4.69) is 13.8 Å². The molecular formula is C21H32N2O. The van der Waals surface area contributed by atoms with E-state index in [4.69, 9.17) is 9.98 Å². The molecule has 7 atom stereocenters. The van der Waals surface area contributed by atoms with Crippen molar-refractivity contribution in [1.29, 1.82) is 0 Å². The Hall–Kier alpha value is -0.700. The molecule has 0 spiro atoms. The summed E-state index contributed by atoms with van der Waals surface area (Å²) in [4.78, 5) is 9.81. The lowest BCUT2D eigenvalue weighted by Gasteiger charge is -2.60. The summed E-state index contributed by atoms with van der Waals surface area (Å²) in [6, 6.07) is 0. The topological polar surface area (TPSA) is 45.0 Å². The standard InChI is InChI=1S/C21H32N2O/c1-20-7-5-14(24)11-13(20)3-4-15-16(20)6-8-21(2)17(15)12-18-19(21)23-10-9-22-18/h13-17,24H,3-12H2,1-2H3/t13-,14+,15?,16?,17-,20-,21-/m0/s1. The van der Waals surface area contributed by atoms with Crippen molar-refractivity contribution in [2.24, 2.45) is 44.5 Å². The van der Waals surface area contributed by atoms with Gasteiger partial charge in [-0.25, -0.2) is 0 Å². The first-order valence-corrected chi connectivity index (χ1v) is 10.3. The second-order valence-electron chi connectivity index (χ2n) is 9.80. The molecule has 2 unspecified atom stereocenters. The van der Waals surface area contributed by atoms with Gasteiger partial charge < -0.3 is 5.11 Å². The fourth-order valence-corrected chi connectivity index (χ4v) is 7.62. The highest BCUT2D eigenvalue weighted by Crippen LogP contribution is 2.65. The van der Waals surface area contributed by atoms with Crippen LogP contribution in [0.1, 0.15) is 65.2 Å². The molecule has 0 radical (unpaired) electrons. The van der Waals surface area contributed by atoms with Gasteiger partial charge in [0.2, 0.25) is 0 Å². The van der Waals surface area contributed by atoms with Crippen LogP contribution in [0.25, 0.3) is 0 Å². The quantitative estimate of drug-likeness (QED) is 0.720. The number of fused-ring (bicyclic) bond motifs is 7. The van der Waals surface area contributed by atoms with Gasteiger partial charge in [0.05, 0.1) is 30.6 Å². The van der Waals surface area contributed by atoms with E-state index >= 15 is 0 Å². The summed E-state index contributed by atoms with van der Waals surface area (Å²) in [6.07, 6.45) is 9.86. The summed E-state index contributed by atoms with van der Waals surface area (Å²) in [5.41, 5.74) is 3.53. The van der Waals surface area contributed by atoms with Crippen LogP contribution in [-0.4, -0.2) is 35.7 Å². The molecule has 4 saturated carbocycles. The number of aliphatic imine (C=N–C) groups is 2. The highest BCUT2D eigenvalue weighted by atomic mass is 16.3. The van der Waals surface area contributed by atoms with Crippen LogP contribution in [0.15, 0.2) is 9.98 Å². The maximum Gasteiger partial charge on any atom is 0.0621 e. The van der Waals surface area contributed by atoms with Gasteiger partial charge in [0.15, 0.2) is 0 Å². The maximum absolute atomic E-state index is 10.2. The Morgan fingerprint density at radius 3 is 2.67 bits per heavy atom. The molecular weight excluding hydrogens is 296 g/mol. The monoisotopic (exact) mass is 328 g/mol. The summed E-state index contributed by atoms with van der Waals surface area (Å²) in [5.74, 6) is 3.25. The van der Waals surface area contributed by atoms with Crippen molar-refractivity contribution in [1.82, 2.24) is 0 Å². The van der Waals surface area contributed by atoms with E-state index in [0.717, 1.165) is 49.6 Å². The number of aliphatic hydroxyl groups excluding tert-OH is 1. The maximum atomic E-state index is 10.2. The molecule has 0 bridgehead atoms. The number of hydrogen-bond donors (Lipinski definition) is 1. The van der Waals surface area contributed by atoms with E-state index in [1.54, 1.807) is 0 Å². The van der Waals surface area contributed by atoms with Gasteiger partial charge in [0.25, 0.3) is 0 Å². The minimum Gasteiger partial charge on any atom is -0.393 e. The molecule has 3 heteroatoms. The molecule has 5 aliphatic rings. The SMILES string of the molecule is C[C@]12CCC3C(CC[C@H]4C[C@H](O)CC[C@]34C)[C@@H]1CC1=NCCN=C12. The van der Waals surface area contributed by atoms with Gasteiger partial charge in [-0.05, 0) is 80.5 Å². The molecule has 0 aromatic heterocycles. The number of nitrogens with zero attached hydrogens (tertiary/aromatic N) is 2. The third-order valence-corrected chi connectivity index (χ3v) is 8.93. The van der Waals surface area contributed by atoms with Crippen molar-refractivity contribution >= 4 is 11.4 Å².